The molecule has 8 nitrogen and oxygen atoms in total. The number of nitrogens with zero attached hydrogens (tertiary/aromatic N) is 4. The van der Waals surface area contributed by atoms with Gasteiger partial charge in [-0.05, 0) is 37.1 Å². The molecular weight excluding hydrogens is 407 g/mol. The molecule has 0 amide bonds. The molecule has 0 bridgehead atoms. The van der Waals surface area contributed by atoms with Crippen LogP contribution in [0.15, 0.2) is 36.7 Å². The standard InChI is InChI=1S/C20H23FN6O2S/c21-13-3-1-8-22-17(13)20(6-2-7-20)12-25-16-5-4-14(26-27-16)19-24-11-15(30-19)18(29)23-9-10-28/h1,3-5,8,11,18,23,28-29H,2,6-7,9-10,12H2,(H,25,27). The van der Waals surface area contributed by atoms with Crippen molar-refractivity contribution in [2.45, 2.75) is 30.9 Å². The number of rotatable bonds is 9. The molecule has 0 radical (unpaired) electrons. The van der Waals surface area contributed by atoms with Crippen molar-refractivity contribution >= 4 is 17.2 Å². The summed E-state index contributed by atoms with van der Waals surface area (Å²) >= 11 is 1.30. The summed E-state index contributed by atoms with van der Waals surface area (Å²) in [6, 6.07) is 6.68. The Morgan fingerprint density at radius 2 is 2.07 bits per heavy atom. The van der Waals surface area contributed by atoms with Gasteiger partial charge in [-0.3, -0.25) is 10.3 Å². The van der Waals surface area contributed by atoms with Gasteiger partial charge < -0.3 is 15.5 Å². The summed E-state index contributed by atoms with van der Waals surface area (Å²) in [7, 11) is 0. The molecule has 1 aliphatic carbocycles. The molecule has 0 aromatic carbocycles. The number of aromatic nitrogens is 4. The third-order valence-corrected chi connectivity index (χ3v) is 6.38. The molecule has 30 heavy (non-hydrogen) atoms. The Hall–Kier alpha value is -2.53. The number of hydrogen-bond acceptors (Lipinski definition) is 9. The summed E-state index contributed by atoms with van der Waals surface area (Å²) < 4.78 is 14.2. The normalized spacial score (nSPS) is 16.1. The molecule has 3 aromatic heterocycles. The zero-order chi connectivity index (χ0) is 21.0. The van der Waals surface area contributed by atoms with Gasteiger partial charge in [0.1, 0.15) is 28.6 Å². The van der Waals surface area contributed by atoms with Crippen molar-refractivity contribution in [2.75, 3.05) is 25.0 Å². The third kappa shape index (κ3) is 4.31. The molecule has 3 aromatic rings. The number of nitrogens with one attached hydrogen (secondary N) is 2. The molecule has 1 unspecified atom stereocenters. The van der Waals surface area contributed by atoms with Crippen LogP contribution in [0.3, 0.4) is 0 Å². The van der Waals surface area contributed by atoms with Gasteiger partial charge in [-0.15, -0.1) is 21.5 Å². The highest BCUT2D eigenvalue weighted by atomic mass is 32.1. The molecule has 1 saturated carbocycles. The van der Waals surface area contributed by atoms with Gasteiger partial charge in [0, 0.05) is 30.9 Å². The fourth-order valence-corrected chi connectivity index (χ4v) is 4.35. The Labute approximate surface area is 177 Å². The Bertz CT molecular complexity index is 979. The van der Waals surface area contributed by atoms with Crippen molar-refractivity contribution in [1.29, 1.82) is 0 Å². The lowest BCUT2D eigenvalue weighted by Gasteiger charge is -2.41. The Balaban J connectivity index is 1.41. The molecular formula is C20H23FN6O2S. The van der Waals surface area contributed by atoms with Gasteiger partial charge in [0.05, 0.1) is 17.2 Å². The molecule has 0 saturated heterocycles. The molecule has 158 valence electrons. The van der Waals surface area contributed by atoms with Crippen molar-refractivity contribution in [3.63, 3.8) is 0 Å². The first-order valence-corrected chi connectivity index (χ1v) is 10.6. The minimum atomic E-state index is -0.886. The van der Waals surface area contributed by atoms with Gasteiger partial charge in [-0.2, -0.15) is 0 Å². The second-order valence-corrected chi connectivity index (χ2v) is 8.34. The monoisotopic (exact) mass is 430 g/mol. The fourth-order valence-electron chi connectivity index (χ4n) is 3.51. The van der Waals surface area contributed by atoms with Crippen LogP contribution in [-0.4, -0.2) is 50.1 Å². The first-order chi connectivity index (χ1) is 14.6. The van der Waals surface area contributed by atoms with E-state index in [9.17, 15) is 9.50 Å². The lowest BCUT2D eigenvalue weighted by atomic mass is 9.66. The van der Waals surface area contributed by atoms with E-state index < -0.39 is 6.23 Å². The van der Waals surface area contributed by atoms with Gasteiger partial charge in [-0.1, -0.05) is 6.42 Å². The van der Waals surface area contributed by atoms with E-state index in [2.05, 4.69) is 30.8 Å². The Morgan fingerprint density at radius 3 is 2.73 bits per heavy atom. The van der Waals surface area contributed by atoms with E-state index in [1.54, 1.807) is 24.5 Å². The summed E-state index contributed by atoms with van der Waals surface area (Å²) in [4.78, 5) is 9.19. The van der Waals surface area contributed by atoms with Crippen molar-refractivity contribution < 1.29 is 14.6 Å². The number of halogens is 1. The molecule has 4 rings (SSSR count). The van der Waals surface area contributed by atoms with E-state index >= 15 is 0 Å². The van der Waals surface area contributed by atoms with E-state index in [-0.39, 0.29) is 17.8 Å². The van der Waals surface area contributed by atoms with Crippen molar-refractivity contribution in [2.24, 2.45) is 0 Å². The molecule has 1 fully saturated rings. The van der Waals surface area contributed by atoms with Crippen LogP contribution in [0.4, 0.5) is 10.2 Å². The predicted octanol–water partition coefficient (Wildman–Crippen LogP) is 2.24. The molecule has 1 atom stereocenters. The first-order valence-electron chi connectivity index (χ1n) is 9.78. The van der Waals surface area contributed by atoms with Crippen molar-refractivity contribution in [1.82, 2.24) is 25.5 Å². The van der Waals surface area contributed by atoms with Crippen LogP contribution in [-0.2, 0) is 5.41 Å². The van der Waals surface area contributed by atoms with E-state index in [1.807, 2.05) is 6.07 Å². The summed E-state index contributed by atoms with van der Waals surface area (Å²) in [5, 5.41) is 34.0. The second kappa shape index (κ2) is 9.09. The Kier molecular flexibility index (Phi) is 6.28. The summed E-state index contributed by atoms with van der Waals surface area (Å²) in [6.07, 6.45) is 5.13. The minimum absolute atomic E-state index is 0.0586. The van der Waals surface area contributed by atoms with E-state index in [0.717, 1.165) is 19.3 Å². The van der Waals surface area contributed by atoms with Crippen LogP contribution >= 0.6 is 11.3 Å². The van der Waals surface area contributed by atoms with E-state index in [4.69, 9.17) is 5.11 Å². The summed E-state index contributed by atoms with van der Waals surface area (Å²) in [5.74, 6) is 0.332. The second-order valence-electron chi connectivity index (χ2n) is 7.27. The molecule has 10 heteroatoms. The van der Waals surface area contributed by atoms with Gasteiger partial charge in [0.2, 0.25) is 0 Å². The van der Waals surface area contributed by atoms with Gasteiger partial charge >= 0.3 is 0 Å². The third-order valence-electron chi connectivity index (χ3n) is 5.31. The quantitative estimate of drug-likeness (QED) is 0.382. The summed E-state index contributed by atoms with van der Waals surface area (Å²) in [6.45, 7) is 0.772. The molecule has 1 aliphatic rings. The predicted molar refractivity (Wildman–Crippen MR) is 111 cm³/mol. The number of hydrogen-bond donors (Lipinski definition) is 4. The van der Waals surface area contributed by atoms with Crippen LogP contribution in [0.1, 0.15) is 36.1 Å². The zero-order valence-corrected chi connectivity index (χ0v) is 17.1. The maximum atomic E-state index is 14.2. The number of pyridine rings is 1. The van der Waals surface area contributed by atoms with Crippen LogP contribution < -0.4 is 10.6 Å². The van der Waals surface area contributed by atoms with E-state index in [0.29, 0.717) is 40.2 Å². The average Bonchev–Trinajstić information content (AvgIpc) is 3.23. The molecule has 0 aliphatic heterocycles. The highest BCUT2D eigenvalue weighted by Crippen LogP contribution is 2.43. The maximum Gasteiger partial charge on any atom is 0.148 e. The number of aliphatic hydroxyl groups is 2. The molecule has 0 spiro atoms. The van der Waals surface area contributed by atoms with Gasteiger partial charge in [-0.25, -0.2) is 9.37 Å². The van der Waals surface area contributed by atoms with Crippen LogP contribution in [0.5, 0.6) is 0 Å². The van der Waals surface area contributed by atoms with Crippen LogP contribution in [0.2, 0.25) is 0 Å². The highest BCUT2D eigenvalue weighted by molar-refractivity contribution is 7.15. The fraction of sp³-hybridized carbons (Fsp3) is 0.400. The van der Waals surface area contributed by atoms with Crippen LogP contribution in [0, 0.1) is 5.82 Å². The lowest BCUT2D eigenvalue weighted by Crippen LogP contribution is -2.42. The zero-order valence-electron chi connectivity index (χ0n) is 16.3. The largest absolute Gasteiger partial charge is 0.395 e. The smallest absolute Gasteiger partial charge is 0.148 e. The number of anilines is 1. The van der Waals surface area contributed by atoms with Crippen molar-refractivity contribution in [3.05, 3.63) is 53.0 Å². The number of thiazole rings is 1. The average molecular weight is 431 g/mol. The van der Waals surface area contributed by atoms with Crippen molar-refractivity contribution in [3.8, 4) is 10.7 Å². The SMILES string of the molecule is OCCNC(O)c1cnc(-c2ccc(NCC3(c4ncccc4F)CCC3)nn2)s1. The Morgan fingerprint density at radius 1 is 1.20 bits per heavy atom. The maximum absolute atomic E-state index is 14.2. The van der Waals surface area contributed by atoms with Crippen LogP contribution in [0.25, 0.3) is 10.7 Å². The highest BCUT2D eigenvalue weighted by Gasteiger charge is 2.41. The van der Waals surface area contributed by atoms with Gasteiger partial charge in [0.25, 0.3) is 0 Å². The number of aliphatic hydroxyl groups excluding tert-OH is 2. The first kappa shape index (κ1) is 20.7. The molecule has 3 heterocycles. The summed E-state index contributed by atoms with van der Waals surface area (Å²) in [5.41, 5.74) is 0.797. The lowest BCUT2D eigenvalue weighted by molar-refractivity contribution is 0.132. The van der Waals surface area contributed by atoms with Gasteiger partial charge in [0.15, 0.2) is 0 Å². The topological polar surface area (TPSA) is 116 Å². The van der Waals surface area contributed by atoms with E-state index in [1.165, 1.54) is 17.4 Å². The minimum Gasteiger partial charge on any atom is -0.395 e. The molecule has 4 N–H and O–H groups in total.